The Balaban J connectivity index is 2.49. The molecular weight excluding hydrogens is 243 g/mol. The highest BCUT2D eigenvalue weighted by Gasteiger charge is 2.21. The van der Waals surface area contributed by atoms with Gasteiger partial charge in [-0.2, -0.15) is 0 Å². The number of aromatic nitrogens is 1. The Labute approximate surface area is 101 Å². The third kappa shape index (κ3) is 2.34. The molecule has 3 N–H and O–H groups in total. The summed E-state index contributed by atoms with van der Waals surface area (Å²) in [4.78, 5) is 3.81. The fourth-order valence-corrected chi connectivity index (χ4v) is 1.66. The Bertz CT molecular complexity index is 560. The number of hydrogen-bond acceptors (Lipinski definition) is 3. The van der Waals surface area contributed by atoms with Crippen molar-refractivity contribution in [3.8, 4) is 0 Å². The number of hydrogen-bond donors (Lipinski definition) is 2. The molecule has 0 aliphatic carbocycles. The van der Waals surface area contributed by atoms with E-state index in [0.29, 0.717) is 6.07 Å². The number of nitrogens with two attached hydrogens (primary N) is 1. The predicted octanol–water partition coefficient (Wildman–Crippen LogP) is 2.05. The van der Waals surface area contributed by atoms with Crippen LogP contribution in [-0.2, 0) is 0 Å². The van der Waals surface area contributed by atoms with Crippen molar-refractivity contribution in [1.29, 1.82) is 0 Å². The minimum atomic E-state index is -0.980. The van der Waals surface area contributed by atoms with Crippen LogP contribution in [0.4, 0.5) is 13.2 Å². The van der Waals surface area contributed by atoms with E-state index in [9.17, 15) is 13.2 Å². The van der Waals surface area contributed by atoms with Gasteiger partial charge in [0.05, 0.1) is 11.7 Å². The van der Waals surface area contributed by atoms with Gasteiger partial charge in [-0.15, -0.1) is 0 Å². The molecule has 18 heavy (non-hydrogen) atoms. The molecule has 0 spiro atoms. The van der Waals surface area contributed by atoms with Gasteiger partial charge in [-0.3, -0.25) is 10.8 Å². The quantitative estimate of drug-likeness (QED) is 0.650. The van der Waals surface area contributed by atoms with E-state index < -0.39 is 23.5 Å². The van der Waals surface area contributed by atoms with Gasteiger partial charge in [0.15, 0.2) is 0 Å². The lowest BCUT2D eigenvalue weighted by Crippen LogP contribution is -2.31. The SMILES string of the molecule is NNC(c1ccc(F)cc1F)c1ncccc1F. The standard InChI is InChI=1S/C12H10F3N3/c13-7-3-4-8(10(15)6-7)11(18-16)12-9(14)2-1-5-17-12/h1-6,11,18H,16H2. The van der Waals surface area contributed by atoms with E-state index >= 15 is 0 Å². The van der Waals surface area contributed by atoms with Crippen LogP contribution in [0, 0.1) is 17.5 Å². The van der Waals surface area contributed by atoms with E-state index in [0.717, 1.165) is 6.07 Å². The third-order valence-electron chi connectivity index (χ3n) is 2.50. The summed E-state index contributed by atoms with van der Waals surface area (Å²) >= 11 is 0. The van der Waals surface area contributed by atoms with E-state index in [1.807, 2.05) is 0 Å². The van der Waals surface area contributed by atoms with Gasteiger partial charge in [-0.1, -0.05) is 6.07 Å². The Morgan fingerprint density at radius 2 is 1.89 bits per heavy atom. The van der Waals surface area contributed by atoms with Crippen LogP contribution in [0.5, 0.6) is 0 Å². The van der Waals surface area contributed by atoms with E-state index in [1.165, 1.54) is 24.4 Å². The van der Waals surface area contributed by atoms with E-state index in [4.69, 9.17) is 5.84 Å². The van der Waals surface area contributed by atoms with Crippen molar-refractivity contribution in [3.05, 3.63) is 65.2 Å². The number of pyridine rings is 1. The summed E-state index contributed by atoms with van der Waals surface area (Å²) in [6, 6.07) is 4.60. The Kier molecular flexibility index (Phi) is 3.59. The smallest absolute Gasteiger partial charge is 0.146 e. The van der Waals surface area contributed by atoms with Crippen molar-refractivity contribution in [2.24, 2.45) is 5.84 Å². The maximum atomic E-state index is 13.6. The molecule has 0 radical (unpaired) electrons. The summed E-state index contributed by atoms with van der Waals surface area (Å²) in [5.74, 6) is 3.14. The zero-order valence-electron chi connectivity index (χ0n) is 9.20. The summed E-state index contributed by atoms with van der Waals surface area (Å²) in [6.45, 7) is 0. The van der Waals surface area contributed by atoms with Gasteiger partial charge in [0, 0.05) is 17.8 Å². The molecule has 2 aromatic rings. The van der Waals surface area contributed by atoms with Crippen LogP contribution >= 0.6 is 0 Å². The van der Waals surface area contributed by atoms with Gasteiger partial charge in [0.25, 0.3) is 0 Å². The van der Waals surface area contributed by atoms with E-state index in [2.05, 4.69) is 10.4 Å². The Morgan fingerprint density at radius 1 is 1.11 bits per heavy atom. The monoisotopic (exact) mass is 253 g/mol. The van der Waals surface area contributed by atoms with Crippen LogP contribution in [0.1, 0.15) is 17.3 Å². The first-order chi connectivity index (χ1) is 8.63. The van der Waals surface area contributed by atoms with Crippen molar-refractivity contribution >= 4 is 0 Å². The first-order valence-corrected chi connectivity index (χ1v) is 5.15. The molecule has 1 aromatic carbocycles. The molecule has 0 saturated heterocycles. The Hall–Kier alpha value is -1.92. The first-order valence-electron chi connectivity index (χ1n) is 5.15. The molecule has 1 atom stereocenters. The first kappa shape index (κ1) is 12.5. The molecule has 2 rings (SSSR count). The van der Waals surface area contributed by atoms with Crippen molar-refractivity contribution in [1.82, 2.24) is 10.4 Å². The van der Waals surface area contributed by atoms with Gasteiger partial charge in [0.2, 0.25) is 0 Å². The van der Waals surface area contributed by atoms with Gasteiger partial charge >= 0.3 is 0 Å². The summed E-state index contributed by atoms with van der Waals surface area (Å²) < 4.78 is 40.0. The predicted molar refractivity (Wildman–Crippen MR) is 59.7 cm³/mol. The zero-order valence-corrected chi connectivity index (χ0v) is 9.20. The maximum absolute atomic E-state index is 13.6. The second-order valence-corrected chi connectivity index (χ2v) is 3.64. The lowest BCUT2D eigenvalue weighted by Gasteiger charge is -2.17. The highest BCUT2D eigenvalue weighted by Crippen LogP contribution is 2.24. The number of rotatable bonds is 3. The molecule has 0 aliphatic rings. The maximum Gasteiger partial charge on any atom is 0.146 e. The fraction of sp³-hybridized carbons (Fsp3) is 0.0833. The molecule has 0 bridgehead atoms. The average molecular weight is 253 g/mol. The van der Waals surface area contributed by atoms with Gasteiger partial charge < -0.3 is 0 Å². The van der Waals surface area contributed by atoms with Crippen molar-refractivity contribution in [3.63, 3.8) is 0 Å². The van der Waals surface area contributed by atoms with Crippen LogP contribution in [-0.4, -0.2) is 4.98 Å². The number of hydrazine groups is 1. The number of nitrogens with one attached hydrogen (secondary N) is 1. The summed E-state index contributed by atoms with van der Waals surface area (Å²) in [5.41, 5.74) is 2.24. The van der Waals surface area contributed by atoms with Crippen molar-refractivity contribution in [2.45, 2.75) is 6.04 Å². The van der Waals surface area contributed by atoms with Gasteiger partial charge in [0.1, 0.15) is 17.5 Å². The minimum absolute atomic E-state index is 0.0245. The number of halogens is 3. The average Bonchev–Trinajstić information content (AvgIpc) is 2.34. The molecule has 1 unspecified atom stereocenters. The molecule has 0 fully saturated rings. The number of benzene rings is 1. The molecule has 0 aliphatic heterocycles. The molecule has 0 amide bonds. The normalized spacial score (nSPS) is 12.4. The molecule has 94 valence electrons. The molecular formula is C12H10F3N3. The van der Waals surface area contributed by atoms with Gasteiger partial charge in [-0.05, 0) is 18.2 Å². The highest BCUT2D eigenvalue weighted by molar-refractivity contribution is 5.29. The highest BCUT2D eigenvalue weighted by atomic mass is 19.1. The molecule has 3 nitrogen and oxygen atoms in total. The van der Waals surface area contributed by atoms with E-state index in [-0.39, 0.29) is 11.3 Å². The Morgan fingerprint density at radius 3 is 2.50 bits per heavy atom. The number of nitrogens with zero attached hydrogens (tertiary/aromatic N) is 1. The van der Waals surface area contributed by atoms with Crippen molar-refractivity contribution < 1.29 is 13.2 Å². The zero-order chi connectivity index (χ0) is 13.1. The van der Waals surface area contributed by atoms with Crippen LogP contribution in [0.15, 0.2) is 36.5 Å². The molecule has 0 saturated carbocycles. The second kappa shape index (κ2) is 5.16. The molecule has 6 heteroatoms. The van der Waals surface area contributed by atoms with Crippen LogP contribution in [0.2, 0.25) is 0 Å². The fourth-order valence-electron chi connectivity index (χ4n) is 1.66. The lowest BCUT2D eigenvalue weighted by atomic mass is 10.0. The molecule has 1 heterocycles. The largest absolute Gasteiger partial charge is 0.271 e. The summed E-state index contributed by atoms with van der Waals surface area (Å²) in [7, 11) is 0. The lowest BCUT2D eigenvalue weighted by molar-refractivity contribution is 0.511. The summed E-state index contributed by atoms with van der Waals surface area (Å²) in [5, 5.41) is 0. The third-order valence-corrected chi connectivity index (χ3v) is 2.50. The second-order valence-electron chi connectivity index (χ2n) is 3.64. The van der Waals surface area contributed by atoms with Crippen LogP contribution in [0.25, 0.3) is 0 Å². The molecule has 1 aromatic heterocycles. The van der Waals surface area contributed by atoms with Crippen LogP contribution in [0.3, 0.4) is 0 Å². The van der Waals surface area contributed by atoms with Gasteiger partial charge in [-0.25, -0.2) is 18.6 Å². The van der Waals surface area contributed by atoms with Crippen molar-refractivity contribution in [2.75, 3.05) is 0 Å². The summed E-state index contributed by atoms with van der Waals surface area (Å²) in [6.07, 6.45) is 1.37. The van der Waals surface area contributed by atoms with Crippen LogP contribution < -0.4 is 11.3 Å². The minimum Gasteiger partial charge on any atom is -0.271 e. The van der Waals surface area contributed by atoms with E-state index in [1.54, 1.807) is 0 Å². The topological polar surface area (TPSA) is 50.9 Å².